The highest BCUT2D eigenvalue weighted by molar-refractivity contribution is 9.10. The molecule has 0 spiro atoms. The standard InChI is InChI=1S/C16H23BrN2/c17-14-7-3-2-6-13(14)16(11-18)19-10-9-12-5-1-4-8-15(12)19/h2-3,6-7,12,15-16H,1,4-5,8-11,18H2. The summed E-state index contributed by atoms with van der Waals surface area (Å²) in [5.41, 5.74) is 7.47. The van der Waals surface area contributed by atoms with E-state index in [-0.39, 0.29) is 0 Å². The fourth-order valence-corrected chi connectivity index (χ4v) is 4.56. The van der Waals surface area contributed by atoms with Crippen LogP contribution in [-0.4, -0.2) is 24.0 Å². The Kier molecular flexibility index (Phi) is 4.25. The summed E-state index contributed by atoms with van der Waals surface area (Å²) in [5, 5.41) is 0. The molecular weight excluding hydrogens is 300 g/mol. The van der Waals surface area contributed by atoms with Crippen molar-refractivity contribution in [2.24, 2.45) is 11.7 Å². The molecule has 1 aliphatic carbocycles. The van der Waals surface area contributed by atoms with Gasteiger partial charge in [0.2, 0.25) is 0 Å². The van der Waals surface area contributed by atoms with Gasteiger partial charge in [-0.05, 0) is 43.4 Å². The lowest BCUT2D eigenvalue weighted by atomic mass is 9.84. The Morgan fingerprint density at radius 2 is 2.00 bits per heavy atom. The first-order valence-electron chi connectivity index (χ1n) is 7.51. The molecule has 0 bridgehead atoms. The van der Waals surface area contributed by atoms with Gasteiger partial charge in [-0.2, -0.15) is 0 Å². The lowest BCUT2D eigenvalue weighted by Crippen LogP contribution is -2.40. The lowest BCUT2D eigenvalue weighted by molar-refractivity contribution is 0.135. The van der Waals surface area contributed by atoms with E-state index in [2.05, 4.69) is 45.1 Å². The minimum Gasteiger partial charge on any atom is -0.329 e. The van der Waals surface area contributed by atoms with Gasteiger partial charge in [-0.25, -0.2) is 0 Å². The van der Waals surface area contributed by atoms with Gasteiger partial charge in [-0.3, -0.25) is 4.90 Å². The highest BCUT2D eigenvalue weighted by Gasteiger charge is 2.39. The number of hydrogen-bond donors (Lipinski definition) is 1. The van der Waals surface area contributed by atoms with E-state index in [0.29, 0.717) is 12.6 Å². The van der Waals surface area contributed by atoms with Crippen LogP contribution in [-0.2, 0) is 0 Å². The molecule has 2 fully saturated rings. The minimum atomic E-state index is 0.378. The van der Waals surface area contributed by atoms with Gasteiger partial charge in [0.15, 0.2) is 0 Å². The summed E-state index contributed by atoms with van der Waals surface area (Å²) in [6.45, 7) is 1.93. The summed E-state index contributed by atoms with van der Waals surface area (Å²) < 4.78 is 1.20. The quantitative estimate of drug-likeness (QED) is 0.919. The summed E-state index contributed by atoms with van der Waals surface area (Å²) >= 11 is 3.69. The summed E-state index contributed by atoms with van der Waals surface area (Å²) in [7, 11) is 0. The second-order valence-electron chi connectivity index (χ2n) is 5.91. The molecule has 0 amide bonds. The number of hydrogen-bond acceptors (Lipinski definition) is 2. The van der Waals surface area contributed by atoms with E-state index in [1.54, 1.807) is 0 Å². The lowest BCUT2D eigenvalue weighted by Gasteiger charge is -2.37. The van der Waals surface area contributed by atoms with Crippen LogP contribution in [0.25, 0.3) is 0 Å². The van der Waals surface area contributed by atoms with Crippen molar-refractivity contribution in [1.82, 2.24) is 4.90 Å². The maximum absolute atomic E-state index is 6.11. The second-order valence-corrected chi connectivity index (χ2v) is 6.77. The van der Waals surface area contributed by atoms with Crippen LogP contribution >= 0.6 is 15.9 Å². The number of nitrogens with zero attached hydrogens (tertiary/aromatic N) is 1. The van der Waals surface area contributed by atoms with E-state index in [1.807, 2.05) is 0 Å². The predicted molar refractivity (Wildman–Crippen MR) is 83.0 cm³/mol. The summed E-state index contributed by atoms with van der Waals surface area (Å²) in [5.74, 6) is 0.922. The average molecular weight is 323 g/mol. The van der Waals surface area contributed by atoms with Gasteiger partial charge < -0.3 is 5.73 Å². The van der Waals surface area contributed by atoms with Crippen molar-refractivity contribution in [2.75, 3.05) is 13.1 Å². The van der Waals surface area contributed by atoms with Crippen molar-refractivity contribution >= 4 is 15.9 Å². The van der Waals surface area contributed by atoms with Crippen LogP contribution < -0.4 is 5.73 Å². The van der Waals surface area contributed by atoms with Crippen molar-refractivity contribution in [2.45, 2.75) is 44.2 Å². The Labute approximate surface area is 124 Å². The third-order valence-electron chi connectivity index (χ3n) is 4.94. The molecule has 1 aromatic carbocycles. The number of likely N-dealkylation sites (tertiary alicyclic amines) is 1. The van der Waals surface area contributed by atoms with Crippen LogP contribution in [0.15, 0.2) is 28.7 Å². The van der Waals surface area contributed by atoms with Crippen LogP contribution in [0.3, 0.4) is 0 Å². The van der Waals surface area contributed by atoms with Crippen LogP contribution in [0, 0.1) is 5.92 Å². The van der Waals surface area contributed by atoms with Gasteiger partial charge >= 0.3 is 0 Å². The van der Waals surface area contributed by atoms with Crippen molar-refractivity contribution < 1.29 is 0 Å². The van der Waals surface area contributed by atoms with Gasteiger partial charge in [0.1, 0.15) is 0 Å². The zero-order valence-corrected chi connectivity index (χ0v) is 13.0. The molecule has 2 nitrogen and oxygen atoms in total. The van der Waals surface area contributed by atoms with E-state index in [1.165, 1.54) is 48.7 Å². The first-order valence-corrected chi connectivity index (χ1v) is 8.31. The molecule has 1 saturated heterocycles. The molecule has 3 unspecified atom stereocenters. The van der Waals surface area contributed by atoms with E-state index in [9.17, 15) is 0 Å². The van der Waals surface area contributed by atoms with Crippen molar-refractivity contribution in [3.05, 3.63) is 34.3 Å². The highest BCUT2D eigenvalue weighted by atomic mass is 79.9. The summed E-state index contributed by atoms with van der Waals surface area (Å²) in [4.78, 5) is 2.68. The van der Waals surface area contributed by atoms with Crippen molar-refractivity contribution in [1.29, 1.82) is 0 Å². The van der Waals surface area contributed by atoms with Gasteiger partial charge in [-0.1, -0.05) is 47.0 Å². The summed E-state index contributed by atoms with van der Waals surface area (Å²) in [6.07, 6.45) is 6.98. The van der Waals surface area contributed by atoms with E-state index in [4.69, 9.17) is 5.73 Å². The van der Waals surface area contributed by atoms with Crippen LogP contribution in [0.2, 0.25) is 0 Å². The maximum Gasteiger partial charge on any atom is 0.0484 e. The van der Waals surface area contributed by atoms with Crippen LogP contribution in [0.4, 0.5) is 0 Å². The molecule has 1 aromatic rings. The monoisotopic (exact) mass is 322 g/mol. The Morgan fingerprint density at radius 3 is 2.79 bits per heavy atom. The van der Waals surface area contributed by atoms with Gasteiger partial charge in [-0.15, -0.1) is 0 Å². The number of rotatable bonds is 3. The second kappa shape index (κ2) is 5.94. The van der Waals surface area contributed by atoms with Crippen LogP contribution in [0.5, 0.6) is 0 Å². The number of fused-ring (bicyclic) bond motifs is 1. The predicted octanol–water partition coefficient (Wildman–Crippen LogP) is 3.71. The molecular formula is C16H23BrN2. The van der Waals surface area contributed by atoms with E-state index >= 15 is 0 Å². The molecule has 1 heterocycles. The molecule has 0 radical (unpaired) electrons. The normalized spacial score (nSPS) is 29.2. The molecule has 0 aromatic heterocycles. The SMILES string of the molecule is NCC(c1ccccc1Br)N1CCC2CCCCC21. The number of nitrogens with two attached hydrogens (primary N) is 1. The largest absolute Gasteiger partial charge is 0.329 e. The average Bonchev–Trinajstić information content (AvgIpc) is 2.86. The molecule has 104 valence electrons. The molecule has 2 aliphatic rings. The zero-order valence-electron chi connectivity index (χ0n) is 11.4. The summed E-state index contributed by atoms with van der Waals surface area (Å²) in [6, 6.07) is 9.70. The Bertz CT molecular complexity index is 435. The maximum atomic E-state index is 6.11. The van der Waals surface area contributed by atoms with Gasteiger partial charge in [0.05, 0.1) is 0 Å². The smallest absolute Gasteiger partial charge is 0.0484 e. The molecule has 1 saturated carbocycles. The van der Waals surface area contributed by atoms with E-state index in [0.717, 1.165) is 12.0 Å². The highest BCUT2D eigenvalue weighted by Crippen LogP contribution is 2.41. The van der Waals surface area contributed by atoms with Crippen molar-refractivity contribution in [3.8, 4) is 0 Å². The van der Waals surface area contributed by atoms with Gasteiger partial charge in [0.25, 0.3) is 0 Å². The minimum absolute atomic E-state index is 0.378. The number of benzene rings is 1. The first-order chi connectivity index (χ1) is 9.31. The van der Waals surface area contributed by atoms with Gasteiger partial charge in [0, 0.05) is 23.1 Å². The number of halogens is 1. The third-order valence-corrected chi connectivity index (χ3v) is 5.66. The van der Waals surface area contributed by atoms with Crippen LogP contribution in [0.1, 0.15) is 43.7 Å². The first kappa shape index (κ1) is 13.6. The fraction of sp³-hybridized carbons (Fsp3) is 0.625. The zero-order chi connectivity index (χ0) is 13.2. The molecule has 2 N–H and O–H groups in total. The molecule has 3 rings (SSSR count). The molecule has 3 atom stereocenters. The van der Waals surface area contributed by atoms with Crippen molar-refractivity contribution in [3.63, 3.8) is 0 Å². The molecule has 19 heavy (non-hydrogen) atoms. The Balaban J connectivity index is 1.85. The van der Waals surface area contributed by atoms with E-state index < -0.39 is 0 Å². The fourth-order valence-electron chi connectivity index (χ4n) is 4.02. The third kappa shape index (κ3) is 2.61. The Morgan fingerprint density at radius 1 is 1.21 bits per heavy atom. The molecule has 1 aliphatic heterocycles. The Hall–Kier alpha value is -0.380. The topological polar surface area (TPSA) is 29.3 Å². The molecule has 3 heteroatoms.